The number of aldehydes is 1. The normalized spacial score (nSPS) is 28.2. The van der Waals surface area contributed by atoms with Crippen molar-refractivity contribution in [1.82, 2.24) is 0 Å². The largest absolute Gasteiger partial charge is 0.468 e. The molecule has 0 radical (unpaired) electrons. The molecule has 0 bridgehead atoms. The number of benzene rings is 1. The molecule has 1 fully saturated rings. The van der Waals surface area contributed by atoms with Gasteiger partial charge in [0.2, 0.25) is 0 Å². The lowest BCUT2D eigenvalue weighted by molar-refractivity contribution is -0.144. The van der Waals surface area contributed by atoms with Gasteiger partial charge >= 0.3 is 5.97 Å². The molecule has 2 rings (SSSR count). The monoisotopic (exact) mass is 204 g/mol. The number of rotatable bonds is 3. The van der Waals surface area contributed by atoms with Crippen molar-refractivity contribution in [3.8, 4) is 0 Å². The van der Waals surface area contributed by atoms with Crippen LogP contribution in [0.3, 0.4) is 0 Å². The molecular formula is C12H12O3. The minimum atomic E-state index is -0.711. The molecule has 0 unspecified atom stereocenters. The van der Waals surface area contributed by atoms with Crippen molar-refractivity contribution in [3.05, 3.63) is 35.9 Å². The Kier molecular flexibility index (Phi) is 2.31. The van der Waals surface area contributed by atoms with E-state index in [0.717, 1.165) is 11.8 Å². The number of hydrogen-bond acceptors (Lipinski definition) is 3. The van der Waals surface area contributed by atoms with Gasteiger partial charge in [-0.2, -0.15) is 0 Å². The van der Waals surface area contributed by atoms with Gasteiger partial charge in [-0.3, -0.25) is 4.79 Å². The van der Waals surface area contributed by atoms with Crippen LogP contribution in [0.15, 0.2) is 30.3 Å². The molecule has 1 aromatic rings. The van der Waals surface area contributed by atoms with E-state index in [-0.39, 0.29) is 11.9 Å². The first kappa shape index (κ1) is 9.90. The Morgan fingerprint density at radius 1 is 1.47 bits per heavy atom. The van der Waals surface area contributed by atoms with Crippen LogP contribution in [0.25, 0.3) is 0 Å². The first-order valence-electron chi connectivity index (χ1n) is 4.85. The molecule has 0 heterocycles. The number of hydrogen-bond donors (Lipinski definition) is 0. The van der Waals surface area contributed by atoms with E-state index in [0.29, 0.717) is 6.42 Å². The zero-order valence-corrected chi connectivity index (χ0v) is 8.47. The predicted molar refractivity (Wildman–Crippen MR) is 54.3 cm³/mol. The standard InChI is InChI=1S/C12H12O3/c1-15-11(14)12(7-10(12)8-13)9-5-3-2-4-6-9/h2-6,8,10H,7H2,1H3/t10-,12+/m0/s1. The summed E-state index contributed by atoms with van der Waals surface area (Å²) < 4.78 is 4.77. The van der Waals surface area contributed by atoms with Crippen LogP contribution >= 0.6 is 0 Å². The molecule has 0 saturated heterocycles. The molecule has 1 aromatic carbocycles. The first-order chi connectivity index (χ1) is 7.25. The third-order valence-electron chi connectivity index (χ3n) is 3.02. The molecule has 2 atom stereocenters. The Bertz CT molecular complexity index is 385. The van der Waals surface area contributed by atoms with Crippen LogP contribution in [0, 0.1) is 5.92 Å². The predicted octanol–water partition coefficient (Wildman–Crippen LogP) is 1.32. The average molecular weight is 204 g/mol. The summed E-state index contributed by atoms with van der Waals surface area (Å²) in [5.41, 5.74) is 0.159. The summed E-state index contributed by atoms with van der Waals surface area (Å²) >= 11 is 0. The number of carbonyl (C=O) groups excluding carboxylic acids is 2. The topological polar surface area (TPSA) is 43.4 Å². The van der Waals surface area contributed by atoms with Crippen molar-refractivity contribution >= 4 is 12.3 Å². The van der Waals surface area contributed by atoms with E-state index in [9.17, 15) is 9.59 Å². The van der Waals surface area contributed by atoms with Gasteiger partial charge in [0.05, 0.1) is 7.11 Å². The van der Waals surface area contributed by atoms with Gasteiger partial charge in [-0.1, -0.05) is 30.3 Å². The highest BCUT2D eigenvalue weighted by Crippen LogP contribution is 2.53. The minimum Gasteiger partial charge on any atom is -0.468 e. The quantitative estimate of drug-likeness (QED) is 0.551. The Hall–Kier alpha value is -1.64. The highest BCUT2D eigenvalue weighted by Gasteiger charge is 2.62. The van der Waals surface area contributed by atoms with Gasteiger partial charge in [0, 0.05) is 5.92 Å². The van der Waals surface area contributed by atoms with Crippen molar-refractivity contribution < 1.29 is 14.3 Å². The van der Waals surface area contributed by atoms with Crippen LogP contribution in [-0.4, -0.2) is 19.4 Å². The number of esters is 1. The van der Waals surface area contributed by atoms with Crippen molar-refractivity contribution in [2.24, 2.45) is 5.92 Å². The SMILES string of the molecule is COC(=O)[C@@]1(c2ccccc2)C[C@H]1C=O. The first-order valence-corrected chi connectivity index (χ1v) is 4.85. The van der Waals surface area contributed by atoms with Crippen molar-refractivity contribution in [3.63, 3.8) is 0 Å². The lowest BCUT2D eigenvalue weighted by atomic mass is 9.93. The molecule has 1 saturated carbocycles. The molecule has 78 valence electrons. The van der Waals surface area contributed by atoms with Crippen LogP contribution in [-0.2, 0) is 19.7 Å². The Morgan fingerprint density at radius 3 is 2.60 bits per heavy atom. The molecule has 0 N–H and O–H groups in total. The van der Waals surface area contributed by atoms with Gasteiger partial charge in [-0.05, 0) is 12.0 Å². The van der Waals surface area contributed by atoms with E-state index in [1.165, 1.54) is 7.11 Å². The van der Waals surface area contributed by atoms with Crippen LogP contribution < -0.4 is 0 Å². The number of methoxy groups -OCH3 is 1. The van der Waals surface area contributed by atoms with Crippen LogP contribution in [0.1, 0.15) is 12.0 Å². The van der Waals surface area contributed by atoms with Crippen molar-refractivity contribution in [1.29, 1.82) is 0 Å². The molecule has 0 amide bonds. The highest BCUT2D eigenvalue weighted by molar-refractivity contribution is 5.92. The van der Waals surface area contributed by atoms with Gasteiger partial charge in [0.15, 0.2) is 0 Å². The summed E-state index contributed by atoms with van der Waals surface area (Å²) in [5, 5.41) is 0. The third-order valence-corrected chi connectivity index (χ3v) is 3.02. The summed E-state index contributed by atoms with van der Waals surface area (Å²) in [5.74, 6) is -0.543. The molecular weight excluding hydrogens is 192 g/mol. The summed E-state index contributed by atoms with van der Waals surface area (Å²) in [6.45, 7) is 0. The van der Waals surface area contributed by atoms with Gasteiger partial charge < -0.3 is 9.53 Å². The van der Waals surface area contributed by atoms with Gasteiger partial charge in [-0.25, -0.2) is 0 Å². The van der Waals surface area contributed by atoms with E-state index < -0.39 is 5.41 Å². The zero-order valence-electron chi connectivity index (χ0n) is 8.47. The number of carbonyl (C=O) groups is 2. The lowest BCUT2D eigenvalue weighted by Gasteiger charge is -2.13. The summed E-state index contributed by atoms with van der Waals surface area (Å²) in [7, 11) is 1.35. The summed E-state index contributed by atoms with van der Waals surface area (Å²) in [6.07, 6.45) is 1.40. The summed E-state index contributed by atoms with van der Waals surface area (Å²) in [6, 6.07) is 9.33. The second kappa shape index (κ2) is 3.50. The maximum absolute atomic E-state index is 11.7. The molecule has 15 heavy (non-hydrogen) atoms. The molecule has 0 aromatic heterocycles. The molecule has 0 spiro atoms. The fourth-order valence-electron chi connectivity index (χ4n) is 2.05. The molecule has 1 aliphatic rings. The number of ether oxygens (including phenoxy) is 1. The highest BCUT2D eigenvalue weighted by atomic mass is 16.5. The second-order valence-electron chi connectivity index (χ2n) is 3.78. The Balaban J connectivity index is 2.38. The van der Waals surface area contributed by atoms with E-state index in [2.05, 4.69) is 0 Å². The zero-order chi connectivity index (χ0) is 10.9. The van der Waals surface area contributed by atoms with Crippen LogP contribution in [0.2, 0.25) is 0 Å². The fraction of sp³-hybridized carbons (Fsp3) is 0.333. The van der Waals surface area contributed by atoms with Gasteiger partial charge in [0.1, 0.15) is 11.7 Å². The maximum Gasteiger partial charge on any atom is 0.317 e. The Morgan fingerprint density at radius 2 is 2.13 bits per heavy atom. The lowest BCUT2D eigenvalue weighted by Crippen LogP contribution is -2.24. The summed E-state index contributed by atoms with van der Waals surface area (Å²) in [4.78, 5) is 22.5. The Labute approximate surface area is 88.1 Å². The smallest absolute Gasteiger partial charge is 0.317 e. The van der Waals surface area contributed by atoms with Crippen molar-refractivity contribution in [2.45, 2.75) is 11.8 Å². The third kappa shape index (κ3) is 1.35. The van der Waals surface area contributed by atoms with Crippen LogP contribution in [0.4, 0.5) is 0 Å². The fourth-order valence-corrected chi connectivity index (χ4v) is 2.05. The van der Waals surface area contributed by atoms with E-state index in [1.54, 1.807) is 0 Å². The van der Waals surface area contributed by atoms with Gasteiger partial charge in [-0.15, -0.1) is 0 Å². The molecule has 1 aliphatic carbocycles. The maximum atomic E-state index is 11.7. The average Bonchev–Trinajstić information content (AvgIpc) is 3.05. The van der Waals surface area contributed by atoms with Crippen LogP contribution in [0.5, 0.6) is 0 Å². The minimum absolute atomic E-state index is 0.229. The molecule has 3 nitrogen and oxygen atoms in total. The van der Waals surface area contributed by atoms with Crippen molar-refractivity contribution in [2.75, 3.05) is 7.11 Å². The van der Waals surface area contributed by atoms with E-state index in [4.69, 9.17) is 4.74 Å². The van der Waals surface area contributed by atoms with E-state index >= 15 is 0 Å². The molecule has 3 heteroatoms. The van der Waals surface area contributed by atoms with Gasteiger partial charge in [0.25, 0.3) is 0 Å². The second-order valence-corrected chi connectivity index (χ2v) is 3.78. The molecule has 0 aliphatic heterocycles. The van der Waals surface area contributed by atoms with E-state index in [1.807, 2.05) is 30.3 Å².